The van der Waals surface area contributed by atoms with Gasteiger partial charge in [-0.25, -0.2) is 0 Å². The SMILES string of the molecule is CCOc1ccc([C@@H]2/C(=C(/O)c3cccc(OC)c3)C(=O)C(=O)N2c2cc(C)on2)cc1OC. The zero-order valence-electron chi connectivity index (χ0n) is 19.2. The predicted molar refractivity (Wildman–Crippen MR) is 123 cm³/mol. The lowest BCUT2D eigenvalue weighted by molar-refractivity contribution is -0.132. The molecule has 2 aromatic carbocycles. The van der Waals surface area contributed by atoms with Crippen LogP contribution in [0.2, 0.25) is 0 Å². The van der Waals surface area contributed by atoms with E-state index in [1.54, 1.807) is 55.5 Å². The summed E-state index contributed by atoms with van der Waals surface area (Å²) in [6, 6.07) is 12.2. The molecule has 1 atom stereocenters. The van der Waals surface area contributed by atoms with E-state index in [0.717, 1.165) is 0 Å². The number of rotatable bonds is 7. The average Bonchev–Trinajstić information content (AvgIpc) is 3.39. The van der Waals surface area contributed by atoms with Gasteiger partial charge in [0.25, 0.3) is 5.78 Å². The number of carbonyl (C=O) groups excluding carboxylic acids is 2. The highest BCUT2D eigenvalue weighted by Gasteiger charge is 2.48. The number of hydrogen-bond donors (Lipinski definition) is 1. The van der Waals surface area contributed by atoms with Crippen LogP contribution in [0.15, 0.2) is 58.6 Å². The van der Waals surface area contributed by atoms with Gasteiger partial charge in [-0.2, -0.15) is 0 Å². The van der Waals surface area contributed by atoms with Gasteiger partial charge in [0.15, 0.2) is 17.3 Å². The van der Waals surface area contributed by atoms with Gasteiger partial charge in [-0.1, -0.05) is 23.4 Å². The normalized spacial score (nSPS) is 17.2. The quantitative estimate of drug-likeness (QED) is 0.317. The van der Waals surface area contributed by atoms with Gasteiger partial charge in [0, 0.05) is 11.6 Å². The average molecular weight is 464 g/mol. The molecule has 0 spiro atoms. The fourth-order valence-electron chi connectivity index (χ4n) is 3.91. The third-order valence-electron chi connectivity index (χ3n) is 5.45. The number of benzene rings is 2. The van der Waals surface area contributed by atoms with E-state index >= 15 is 0 Å². The van der Waals surface area contributed by atoms with Gasteiger partial charge < -0.3 is 23.8 Å². The third-order valence-corrected chi connectivity index (χ3v) is 5.45. The second-order valence-corrected chi connectivity index (χ2v) is 7.54. The van der Waals surface area contributed by atoms with Gasteiger partial charge in [0.1, 0.15) is 17.3 Å². The van der Waals surface area contributed by atoms with Crippen LogP contribution < -0.4 is 19.1 Å². The van der Waals surface area contributed by atoms with Crippen LogP contribution in [0.25, 0.3) is 5.76 Å². The molecule has 1 N–H and O–H groups in total. The minimum absolute atomic E-state index is 0.0925. The van der Waals surface area contributed by atoms with Crippen LogP contribution in [-0.2, 0) is 9.59 Å². The maximum Gasteiger partial charge on any atom is 0.301 e. The van der Waals surface area contributed by atoms with Gasteiger partial charge in [-0.05, 0) is 43.7 Å². The lowest BCUT2D eigenvalue weighted by atomic mass is 9.95. The number of nitrogens with zero attached hydrogens (tertiary/aromatic N) is 2. The van der Waals surface area contributed by atoms with Gasteiger partial charge in [-0.15, -0.1) is 0 Å². The van der Waals surface area contributed by atoms with E-state index in [9.17, 15) is 14.7 Å². The maximum atomic E-state index is 13.2. The zero-order valence-corrected chi connectivity index (χ0v) is 19.2. The second-order valence-electron chi connectivity index (χ2n) is 7.54. The summed E-state index contributed by atoms with van der Waals surface area (Å²) < 4.78 is 21.5. The molecule has 0 saturated carbocycles. The lowest BCUT2D eigenvalue weighted by Crippen LogP contribution is -2.29. The molecule has 34 heavy (non-hydrogen) atoms. The molecule has 9 heteroatoms. The van der Waals surface area contributed by atoms with Crippen molar-refractivity contribution in [3.8, 4) is 17.2 Å². The van der Waals surface area contributed by atoms with Crippen LogP contribution in [0.1, 0.15) is 29.9 Å². The van der Waals surface area contributed by atoms with Crippen LogP contribution in [0.5, 0.6) is 17.2 Å². The predicted octanol–water partition coefficient (Wildman–Crippen LogP) is 4.03. The fraction of sp³-hybridized carbons (Fsp3) is 0.240. The van der Waals surface area contributed by atoms with E-state index < -0.39 is 17.7 Å². The molecule has 1 aliphatic rings. The van der Waals surface area contributed by atoms with Crippen molar-refractivity contribution in [3.63, 3.8) is 0 Å². The molecule has 4 rings (SSSR count). The number of Topliss-reactive ketones (excluding diaryl/α,β-unsaturated/α-hetero) is 1. The van der Waals surface area contributed by atoms with Gasteiger partial charge >= 0.3 is 5.91 Å². The molecule has 0 unspecified atom stereocenters. The number of aryl methyl sites for hydroxylation is 1. The van der Waals surface area contributed by atoms with Crippen molar-refractivity contribution in [2.75, 3.05) is 25.7 Å². The number of hydrogen-bond acceptors (Lipinski definition) is 8. The Bertz CT molecular complexity index is 1280. The van der Waals surface area contributed by atoms with Gasteiger partial charge in [0.05, 0.1) is 32.4 Å². The van der Waals surface area contributed by atoms with E-state index in [1.165, 1.54) is 19.1 Å². The van der Waals surface area contributed by atoms with E-state index in [4.69, 9.17) is 18.7 Å². The van der Waals surface area contributed by atoms with E-state index in [0.29, 0.717) is 40.7 Å². The van der Waals surface area contributed by atoms with Crippen molar-refractivity contribution < 1.29 is 33.4 Å². The Morgan fingerprint density at radius 1 is 1.09 bits per heavy atom. The molecule has 176 valence electrons. The third kappa shape index (κ3) is 3.96. The summed E-state index contributed by atoms with van der Waals surface area (Å²) in [6.07, 6.45) is 0. The number of ether oxygens (including phenoxy) is 3. The summed E-state index contributed by atoms with van der Waals surface area (Å²) in [5, 5.41) is 15.2. The summed E-state index contributed by atoms with van der Waals surface area (Å²) in [4.78, 5) is 27.6. The smallest absolute Gasteiger partial charge is 0.301 e. The largest absolute Gasteiger partial charge is 0.507 e. The number of methoxy groups -OCH3 is 2. The molecule has 1 amide bonds. The lowest BCUT2D eigenvalue weighted by Gasteiger charge is -2.23. The molecule has 0 bridgehead atoms. The van der Waals surface area contributed by atoms with Crippen molar-refractivity contribution >= 4 is 23.3 Å². The molecule has 9 nitrogen and oxygen atoms in total. The summed E-state index contributed by atoms with van der Waals surface area (Å²) >= 11 is 0. The Kier molecular flexibility index (Phi) is 6.27. The molecule has 1 fully saturated rings. The highest BCUT2D eigenvalue weighted by Crippen LogP contribution is 2.44. The number of anilines is 1. The first-order valence-electron chi connectivity index (χ1n) is 10.6. The summed E-state index contributed by atoms with van der Waals surface area (Å²) in [5.74, 6) is 0.0187. The number of carbonyl (C=O) groups is 2. The van der Waals surface area contributed by atoms with Crippen LogP contribution >= 0.6 is 0 Å². The Labute approximate surface area is 196 Å². The molecule has 1 aliphatic heterocycles. The Morgan fingerprint density at radius 3 is 2.53 bits per heavy atom. The number of aromatic nitrogens is 1. The minimum atomic E-state index is -0.986. The minimum Gasteiger partial charge on any atom is -0.507 e. The first-order valence-corrected chi connectivity index (χ1v) is 10.6. The van der Waals surface area contributed by atoms with E-state index in [-0.39, 0.29) is 17.2 Å². The molecular formula is C25H24N2O7. The highest BCUT2D eigenvalue weighted by molar-refractivity contribution is 6.51. The van der Waals surface area contributed by atoms with Crippen molar-refractivity contribution in [2.24, 2.45) is 0 Å². The number of ketones is 1. The van der Waals surface area contributed by atoms with Crippen LogP contribution in [-0.4, -0.2) is 42.8 Å². The number of aliphatic hydroxyl groups excluding tert-OH is 1. The standard InChI is InChI=1S/C25H24N2O7/c1-5-33-18-10-9-15(13-19(18)32-4)22-21(23(28)16-7-6-8-17(12-16)31-3)24(29)25(30)27(22)20-11-14(2)34-26-20/h6-13,22,28H,5H2,1-4H3/b23-21-/t22-/m1/s1. The van der Waals surface area contributed by atoms with Gasteiger partial charge in [0.2, 0.25) is 0 Å². The molecule has 1 saturated heterocycles. The van der Waals surface area contributed by atoms with E-state index in [2.05, 4.69) is 5.16 Å². The Hall–Kier alpha value is -4.27. The Morgan fingerprint density at radius 2 is 1.88 bits per heavy atom. The van der Waals surface area contributed by atoms with Crippen molar-refractivity contribution in [3.05, 3.63) is 71.0 Å². The maximum absolute atomic E-state index is 13.2. The molecular weight excluding hydrogens is 440 g/mol. The topological polar surface area (TPSA) is 111 Å². The second kappa shape index (κ2) is 9.30. The van der Waals surface area contributed by atoms with Crippen LogP contribution in [0, 0.1) is 6.92 Å². The fourth-order valence-corrected chi connectivity index (χ4v) is 3.91. The first-order chi connectivity index (χ1) is 16.4. The highest BCUT2D eigenvalue weighted by atomic mass is 16.5. The van der Waals surface area contributed by atoms with Crippen LogP contribution in [0.4, 0.5) is 5.82 Å². The molecule has 3 aromatic rings. The summed E-state index contributed by atoms with van der Waals surface area (Å²) in [6.45, 7) is 3.96. The molecule has 1 aromatic heterocycles. The van der Waals surface area contributed by atoms with Crippen molar-refractivity contribution in [1.29, 1.82) is 0 Å². The number of aliphatic hydroxyl groups is 1. The molecule has 0 radical (unpaired) electrons. The summed E-state index contributed by atoms with van der Waals surface area (Å²) in [5.41, 5.74) is 0.756. The molecule has 0 aliphatic carbocycles. The first kappa shape index (κ1) is 22.9. The number of amides is 1. The monoisotopic (exact) mass is 464 g/mol. The Balaban J connectivity index is 1.94. The van der Waals surface area contributed by atoms with E-state index in [1.807, 2.05) is 6.92 Å². The zero-order chi connectivity index (χ0) is 24.4. The van der Waals surface area contributed by atoms with Crippen LogP contribution in [0.3, 0.4) is 0 Å². The van der Waals surface area contributed by atoms with Crippen molar-refractivity contribution in [1.82, 2.24) is 5.16 Å². The van der Waals surface area contributed by atoms with Crippen molar-refractivity contribution in [2.45, 2.75) is 19.9 Å². The summed E-state index contributed by atoms with van der Waals surface area (Å²) in [7, 11) is 2.99. The van der Waals surface area contributed by atoms with Gasteiger partial charge in [-0.3, -0.25) is 14.5 Å². The molecule has 2 heterocycles.